The molecule has 1 rings (SSSR count). The molecule has 0 aliphatic carbocycles. The van der Waals surface area contributed by atoms with Crippen LogP contribution in [0.3, 0.4) is 0 Å². The number of rotatable bonds is 1. The second kappa shape index (κ2) is 3.49. The average molecular weight is 162 g/mol. The first-order valence-electron chi connectivity index (χ1n) is 3.82. The van der Waals surface area contributed by atoms with Gasteiger partial charge in [-0.05, 0) is 6.42 Å². The molecule has 1 unspecified atom stereocenters. The number of hydrogen-bond acceptors (Lipinski definition) is 4. The Morgan fingerprint density at radius 1 is 1.27 bits per heavy atom. The van der Waals surface area contributed by atoms with E-state index in [0.29, 0.717) is 6.42 Å². The fraction of sp³-hybridized carbons (Fsp3) is 1.00. The highest BCUT2D eigenvalue weighted by Crippen LogP contribution is 2.17. The molecule has 3 N–H and O–H groups in total. The normalized spacial score (nSPS) is 45.8. The zero-order valence-corrected chi connectivity index (χ0v) is 6.47. The van der Waals surface area contributed by atoms with E-state index in [2.05, 4.69) is 0 Å². The molecule has 1 fully saturated rings. The van der Waals surface area contributed by atoms with Crippen LogP contribution in [0.1, 0.15) is 13.3 Å². The lowest BCUT2D eigenvalue weighted by atomic mass is 9.99. The summed E-state index contributed by atoms with van der Waals surface area (Å²) >= 11 is 0. The summed E-state index contributed by atoms with van der Waals surface area (Å²) < 4.78 is 5.06. The lowest BCUT2D eigenvalue weighted by Gasteiger charge is -2.34. The van der Waals surface area contributed by atoms with Crippen LogP contribution in [0.15, 0.2) is 0 Å². The molecule has 1 saturated heterocycles. The standard InChI is InChI=1S/C7H14O4/c1-2-5-7(10)6(9)4(8)3-11-5/h4-10H,2-3H2,1H3/t4-,5+,6+,7?/m0/s1. The van der Waals surface area contributed by atoms with Crippen LogP contribution < -0.4 is 0 Å². The number of hydrogen-bond donors (Lipinski definition) is 3. The van der Waals surface area contributed by atoms with Crippen LogP contribution in [0.2, 0.25) is 0 Å². The molecule has 0 aromatic heterocycles. The van der Waals surface area contributed by atoms with Crippen LogP contribution in [-0.4, -0.2) is 46.3 Å². The van der Waals surface area contributed by atoms with Crippen molar-refractivity contribution < 1.29 is 20.1 Å². The molecule has 0 amide bonds. The maximum Gasteiger partial charge on any atom is 0.111 e. The summed E-state index contributed by atoms with van der Waals surface area (Å²) in [6.45, 7) is 1.97. The lowest BCUT2D eigenvalue weighted by Crippen LogP contribution is -2.52. The van der Waals surface area contributed by atoms with Gasteiger partial charge in [0.05, 0.1) is 12.7 Å². The van der Waals surface area contributed by atoms with E-state index in [1.54, 1.807) is 0 Å². The van der Waals surface area contributed by atoms with Gasteiger partial charge in [-0.2, -0.15) is 0 Å². The van der Waals surface area contributed by atoms with E-state index in [9.17, 15) is 5.11 Å². The summed E-state index contributed by atoms with van der Waals surface area (Å²) in [4.78, 5) is 0. The van der Waals surface area contributed by atoms with Crippen LogP contribution in [0.5, 0.6) is 0 Å². The third-order valence-corrected chi connectivity index (χ3v) is 2.01. The SMILES string of the molecule is CC[C@H]1OC[C@H](O)[C@@H](O)C1O. The Morgan fingerprint density at radius 2 is 1.91 bits per heavy atom. The van der Waals surface area contributed by atoms with E-state index in [0.717, 1.165) is 0 Å². The fourth-order valence-electron chi connectivity index (χ4n) is 1.23. The maximum absolute atomic E-state index is 9.27. The minimum Gasteiger partial charge on any atom is -0.388 e. The Hall–Kier alpha value is -0.160. The second-order valence-electron chi connectivity index (χ2n) is 2.83. The van der Waals surface area contributed by atoms with Crippen LogP contribution >= 0.6 is 0 Å². The van der Waals surface area contributed by atoms with Gasteiger partial charge in [0, 0.05) is 0 Å². The van der Waals surface area contributed by atoms with Crippen molar-refractivity contribution in [3.63, 3.8) is 0 Å². The topological polar surface area (TPSA) is 69.9 Å². The van der Waals surface area contributed by atoms with E-state index >= 15 is 0 Å². The summed E-state index contributed by atoms with van der Waals surface area (Å²) in [6.07, 6.45) is -2.66. The van der Waals surface area contributed by atoms with Crippen LogP contribution in [0, 0.1) is 0 Å². The molecule has 0 saturated carbocycles. The third-order valence-electron chi connectivity index (χ3n) is 2.01. The lowest BCUT2D eigenvalue weighted by molar-refractivity contribution is -0.187. The van der Waals surface area contributed by atoms with Crippen molar-refractivity contribution in [1.29, 1.82) is 0 Å². The highest BCUT2D eigenvalue weighted by atomic mass is 16.5. The monoisotopic (exact) mass is 162 g/mol. The summed E-state index contributed by atoms with van der Waals surface area (Å²) in [5.74, 6) is 0. The molecule has 0 aromatic rings. The van der Waals surface area contributed by atoms with E-state index < -0.39 is 18.3 Å². The molecule has 4 atom stereocenters. The quantitative estimate of drug-likeness (QED) is 0.456. The molecular weight excluding hydrogens is 148 g/mol. The van der Waals surface area contributed by atoms with Crippen LogP contribution in [0.4, 0.5) is 0 Å². The van der Waals surface area contributed by atoms with Gasteiger partial charge in [0.2, 0.25) is 0 Å². The molecule has 4 nitrogen and oxygen atoms in total. The zero-order chi connectivity index (χ0) is 8.43. The van der Waals surface area contributed by atoms with Gasteiger partial charge >= 0.3 is 0 Å². The van der Waals surface area contributed by atoms with E-state index in [-0.39, 0.29) is 12.7 Å². The predicted octanol–water partition coefficient (Wildman–Crippen LogP) is -1.12. The summed E-state index contributed by atoms with van der Waals surface area (Å²) in [5, 5.41) is 27.5. The van der Waals surface area contributed by atoms with Gasteiger partial charge in [-0.25, -0.2) is 0 Å². The molecule has 0 bridgehead atoms. The summed E-state index contributed by atoms with van der Waals surface area (Å²) in [5.41, 5.74) is 0. The van der Waals surface area contributed by atoms with Gasteiger partial charge in [-0.1, -0.05) is 6.92 Å². The van der Waals surface area contributed by atoms with Gasteiger partial charge < -0.3 is 20.1 Å². The van der Waals surface area contributed by atoms with Crippen LogP contribution in [-0.2, 0) is 4.74 Å². The van der Waals surface area contributed by atoms with Crippen molar-refractivity contribution >= 4 is 0 Å². The van der Waals surface area contributed by atoms with Crippen molar-refractivity contribution in [3.05, 3.63) is 0 Å². The smallest absolute Gasteiger partial charge is 0.111 e. The number of aliphatic hydroxyl groups excluding tert-OH is 3. The average Bonchev–Trinajstić information content (AvgIpc) is 2.01. The zero-order valence-electron chi connectivity index (χ0n) is 6.47. The summed E-state index contributed by atoms with van der Waals surface area (Å²) in [7, 11) is 0. The first-order chi connectivity index (χ1) is 5.16. The second-order valence-corrected chi connectivity index (χ2v) is 2.83. The molecule has 1 aliphatic heterocycles. The minimum atomic E-state index is -1.06. The summed E-state index contributed by atoms with van der Waals surface area (Å²) in [6, 6.07) is 0. The van der Waals surface area contributed by atoms with Crippen molar-refractivity contribution in [2.24, 2.45) is 0 Å². The first kappa shape index (κ1) is 8.93. The van der Waals surface area contributed by atoms with E-state index in [1.807, 2.05) is 6.92 Å². The van der Waals surface area contributed by atoms with Gasteiger partial charge in [-0.3, -0.25) is 0 Å². The predicted molar refractivity (Wildman–Crippen MR) is 38.1 cm³/mol. The molecule has 0 aromatic carbocycles. The van der Waals surface area contributed by atoms with E-state index in [4.69, 9.17) is 14.9 Å². The Morgan fingerprint density at radius 3 is 2.45 bits per heavy atom. The van der Waals surface area contributed by atoms with Gasteiger partial charge in [0.1, 0.15) is 18.3 Å². The largest absolute Gasteiger partial charge is 0.388 e. The van der Waals surface area contributed by atoms with Gasteiger partial charge in [0.15, 0.2) is 0 Å². The molecule has 1 aliphatic rings. The van der Waals surface area contributed by atoms with Gasteiger partial charge in [0.25, 0.3) is 0 Å². The van der Waals surface area contributed by atoms with Crippen molar-refractivity contribution in [3.8, 4) is 0 Å². The Labute approximate surface area is 65.4 Å². The minimum absolute atomic E-state index is 0.108. The Kier molecular flexibility index (Phi) is 2.84. The van der Waals surface area contributed by atoms with Crippen molar-refractivity contribution in [2.45, 2.75) is 37.8 Å². The number of aliphatic hydroxyl groups is 3. The van der Waals surface area contributed by atoms with Crippen molar-refractivity contribution in [2.75, 3.05) is 6.61 Å². The fourth-order valence-corrected chi connectivity index (χ4v) is 1.23. The molecule has 66 valence electrons. The highest BCUT2D eigenvalue weighted by molar-refractivity contribution is 4.85. The van der Waals surface area contributed by atoms with E-state index in [1.165, 1.54) is 0 Å². The molecular formula is C7H14O4. The molecule has 0 spiro atoms. The number of ether oxygens (including phenoxy) is 1. The maximum atomic E-state index is 9.27. The Bertz CT molecular complexity index is 126. The Balaban J connectivity index is 2.52. The van der Waals surface area contributed by atoms with Gasteiger partial charge in [-0.15, -0.1) is 0 Å². The van der Waals surface area contributed by atoms with Crippen molar-refractivity contribution in [1.82, 2.24) is 0 Å². The van der Waals surface area contributed by atoms with Crippen LogP contribution in [0.25, 0.3) is 0 Å². The first-order valence-corrected chi connectivity index (χ1v) is 3.82. The molecule has 11 heavy (non-hydrogen) atoms. The highest BCUT2D eigenvalue weighted by Gasteiger charge is 2.36. The molecule has 4 heteroatoms. The molecule has 0 radical (unpaired) electrons. The molecule has 1 heterocycles. The third kappa shape index (κ3) is 1.70.